The lowest BCUT2D eigenvalue weighted by Crippen LogP contribution is -2.48. The molecule has 2 N–H and O–H groups in total. The first kappa shape index (κ1) is 17.7. The second-order valence-electron chi connectivity index (χ2n) is 5.99. The fraction of sp³-hybridized carbons (Fsp3) is 0.444. The Hall–Kier alpha value is -2.68. The SMILES string of the molecule is N#CCNC(=O)[C@H](CC1CCC(=O)CC1)NC(=O)c1ccccc1. The van der Waals surface area contributed by atoms with Gasteiger partial charge in [0.05, 0.1) is 6.07 Å². The van der Waals surface area contributed by atoms with Crippen molar-refractivity contribution in [2.24, 2.45) is 5.92 Å². The molecule has 0 spiro atoms. The van der Waals surface area contributed by atoms with Crippen LogP contribution in [0.15, 0.2) is 30.3 Å². The monoisotopic (exact) mass is 327 g/mol. The molecular weight excluding hydrogens is 306 g/mol. The number of nitrogens with zero attached hydrogens (tertiary/aromatic N) is 1. The maximum absolute atomic E-state index is 12.3. The van der Waals surface area contributed by atoms with Crippen LogP contribution in [0.5, 0.6) is 0 Å². The number of hydrogen-bond acceptors (Lipinski definition) is 4. The van der Waals surface area contributed by atoms with Crippen LogP contribution in [0.25, 0.3) is 0 Å². The predicted octanol–water partition coefficient (Wildman–Crippen LogP) is 1.57. The van der Waals surface area contributed by atoms with Gasteiger partial charge >= 0.3 is 0 Å². The smallest absolute Gasteiger partial charge is 0.251 e. The Morgan fingerprint density at radius 2 is 1.88 bits per heavy atom. The number of benzene rings is 1. The largest absolute Gasteiger partial charge is 0.341 e. The third kappa shape index (κ3) is 5.20. The highest BCUT2D eigenvalue weighted by molar-refractivity contribution is 5.97. The number of ketones is 1. The number of amides is 2. The van der Waals surface area contributed by atoms with Gasteiger partial charge in [-0.25, -0.2) is 0 Å². The molecule has 0 heterocycles. The number of nitriles is 1. The standard InChI is InChI=1S/C18H21N3O3/c19-10-11-20-18(24)16(12-13-6-8-15(22)9-7-13)21-17(23)14-4-2-1-3-5-14/h1-5,13,16H,6-9,11-12H2,(H,20,24)(H,21,23)/t16-/m0/s1. The molecular formula is C18H21N3O3. The average Bonchev–Trinajstić information content (AvgIpc) is 2.61. The zero-order valence-electron chi connectivity index (χ0n) is 13.5. The van der Waals surface area contributed by atoms with Gasteiger partial charge in [0.2, 0.25) is 5.91 Å². The van der Waals surface area contributed by atoms with E-state index in [0.29, 0.717) is 24.8 Å². The van der Waals surface area contributed by atoms with Crippen molar-refractivity contribution in [1.82, 2.24) is 10.6 Å². The van der Waals surface area contributed by atoms with Gasteiger partial charge in [0.1, 0.15) is 18.4 Å². The highest BCUT2D eigenvalue weighted by Crippen LogP contribution is 2.25. The summed E-state index contributed by atoms with van der Waals surface area (Å²) in [6.07, 6.45) is 3.01. The molecule has 1 aliphatic carbocycles. The van der Waals surface area contributed by atoms with E-state index in [-0.39, 0.29) is 30.1 Å². The number of carbonyl (C=O) groups excluding carboxylic acids is 3. The Bertz CT molecular complexity index is 627. The minimum atomic E-state index is -0.704. The molecule has 1 aliphatic rings. The molecule has 2 rings (SSSR count). The summed E-state index contributed by atoms with van der Waals surface area (Å²) < 4.78 is 0. The first-order valence-corrected chi connectivity index (χ1v) is 8.12. The molecule has 1 aromatic carbocycles. The van der Waals surface area contributed by atoms with E-state index in [1.54, 1.807) is 24.3 Å². The van der Waals surface area contributed by atoms with Crippen molar-refractivity contribution < 1.29 is 14.4 Å². The number of carbonyl (C=O) groups is 3. The van der Waals surface area contributed by atoms with Crippen LogP contribution in [0.3, 0.4) is 0 Å². The molecule has 126 valence electrons. The summed E-state index contributed by atoms with van der Waals surface area (Å²) in [5.74, 6) is -0.209. The molecule has 24 heavy (non-hydrogen) atoms. The Morgan fingerprint density at radius 3 is 2.50 bits per heavy atom. The molecule has 0 aromatic heterocycles. The van der Waals surface area contributed by atoms with Crippen molar-refractivity contribution in [3.63, 3.8) is 0 Å². The molecule has 1 aromatic rings. The van der Waals surface area contributed by atoms with Crippen LogP contribution < -0.4 is 10.6 Å². The van der Waals surface area contributed by atoms with Gasteiger partial charge < -0.3 is 10.6 Å². The molecule has 0 saturated heterocycles. The molecule has 1 fully saturated rings. The first-order valence-electron chi connectivity index (χ1n) is 8.12. The average molecular weight is 327 g/mol. The van der Waals surface area contributed by atoms with Gasteiger partial charge in [-0.1, -0.05) is 18.2 Å². The highest BCUT2D eigenvalue weighted by atomic mass is 16.2. The van der Waals surface area contributed by atoms with Gasteiger partial charge in [-0.3, -0.25) is 14.4 Å². The normalized spacial score (nSPS) is 16.0. The van der Waals surface area contributed by atoms with E-state index >= 15 is 0 Å². The summed E-state index contributed by atoms with van der Waals surface area (Å²) >= 11 is 0. The van der Waals surface area contributed by atoms with Crippen molar-refractivity contribution in [1.29, 1.82) is 5.26 Å². The number of hydrogen-bond donors (Lipinski definition) is 2. The van der Waals surface area contributed by atoms with Gasteiger partial charge in [0.15, 0.2) is 0 Å². The zero-order valence-corrected chi connectivity index (χ0v) is 13.5. The van der Waals surface area contributed by atoms with E-state index in [0.717, 1.165) is 12.8 Å². The van der Waals surface area contributed by atoms with Crippen molar-refractivity contribution in [2.75, 3.05) is 6.54 Å². The number of Topliss-reactive ketones (excluding diaryl/α,β-unsaturated/α-hetero) is 1. The summed E-state index contributed by atoms with van der Waals surface area (Å²) in [7, 11) is 0. The fourth-order valence-corrected chi connectivity index (χ4v) is 2.88. The highest BCUT2D eigenvalue weighted by Gasteiger charge is 2.27. The van der Waals surface area contributed by atoms with Crippen LogP contribution in [0.2, 0.25) is 0 Å². The summed E-state index contributed by atoms with van der Waals surface area (Å²) in [5, 5.41) is 13.9. The minimum Gasteiger partial charge on any atom is -0.341 e. The quantitative estimate of drug-likeness (QED) is 0.775. The second kappa shape index (κ2) is 8.82. The van der Waals surface area contributed by atoms with Crippen LogP contribution in [-0.2, 0) is 9.59 Å². The van der Waals surface area contributed by atoms with Crippen molar-refractivity contribution in [2.45, 2.75) is 38.1 Å². The summed E-state index contributed by atoms with van der Waals surface area (Å²) in [6.45, 7) is -0.0975. The predicted molar refractivity (Wildman–Crippen MR) is 87.9 cm³/mol. The maximum atomic E-state index is 12.3. The Morgan fingerprint density at radius 1 is 1.21 bits per heavy atom. The van der Waals surface area contributed by atoms with Gasteiger partial charge in [0, 0.05) is 18.4 Å². The van der Waals surface area contributed by atoms with Gasteiger partial charge in [0.25, 0.3) is 5.91 Å². The summed E-state index contributed by atoms with van der Waals surface area (Å²) in [6, 6.07) is 9.84. The van der Waals surface area contributed by atoms with Crippen LogP contribution in [0.1, 0.15) is 42.5 Å². The topological polar surface area (TPSA) is 99.1 Å². The van der Waals surface area contributed by atoms with Crippen molar-refractivity contribution >= 4 is 17.6 Å². The molecule has 1 atom stereocenters. The van der Waals surface area contributed by atoms with Gasteiger partial charge in [-0.05, 0) is 37.3 Å². The maximum Gasteiger partial charge on any atom is 0.251 e. The Balaban J connectivity index is 2.02. The van der Waals surface area contributed by atoms with E-state index in [1.165, 1.54) is 0 Å². The summed E-state index contributed by atoms with van der Waals surface area (Å²) in [5.41, 5.74) is 0.481. The van der Waals surface area contributed by atoms with Gasteiger partial charge in [-0.2, -0.15) is 5.26 Å². The fourth-order valence-electron chi connectivity index (χ4n) is 2.88. The third-order valence-electron chi connectivity index (χ3n) is 4.23. The van der Waals surface area contributed by atoms with Gasteiger partial charge in [-0.15, -0.1) is 0 Å². The molecule has 2 amide bonds. The lowest BCUT2D eigenvalue weighted by molar-refractivity contribution is -0.123. The van der Waals surface area contributed by atoms with Crippen LogP contribution in [0, 0.1) is 17.2 Å². The van der Waals surface area contributed by atoms with Crippen LogP contribution in [0.4, 0.5) is 0 Å². The molecule has 0 radical (unpaired) electrons. The molecule has 0 unspecified atom stereocenters. The zero-order chi connectivity index (χ0) is 17.4. The lowest BCUT2D eigenvalue weighted by atomic mass is 9.84. The number of rotatable bonds is 6. The Labute approximate surface area is 141 Å². The first-order chi connectivity index (χ1) is 11.6. The van der Waals surface area contributed by atoms with E-state index in [4.69, 9.17) is 5.26 Å². The van der Waals surface area contributed by atoms with E-state index in [2.05, 4.69) is 10.6 Å². The molecule has 0 aliphatic heterocycles. The summed E-state index contributed by atoms with van der Waals surface area (Å²) in [4.78, 5) is 35.9. The van der Waals surface area contributed by atoms with E-state index in [9.17, 15) is 14.4 Å². The number of nitrogens with one attached hydrogen (secondary N) is 2. The van der Waals surface area contributed by atoms with Crippen LogP contribution in [-0.4, -0.2) is 30.2 Å². The molecule has 0 bridgehead atoms. The lowest BCUT2D eigenvalue weighted by Gasteiger charge is -2.26. The van der Waals surface area contributed by atoms with Crippen molar-refractivity contribution in [3.05, 3.63) is 35.9 Å². The van der Waals surface area contributed by atoms with Crippen LogP contribution >= 0.6 is 0 Å². The molecule has 1 saturated carbocycles. The Kier molecular flexibility index (Phi) is 6.50. The third-order valence-corrected chi connectivity index (χ3v) is 4.23. The van der Waals surface area contributed by atoms with E-state index in [1.807, 2.05) is 12.1 Å². The molecule has 6 heteroatoms. The van der Waals surface area contributed by atoms with E-state index < -0.39 is 6.04 Å². The minimum absolute atomic E-state index is 0.0975. The molecule has 6 nitrogen and oxygen atoms in total. The second-order valence-corrected chi connectivity index (χ2v) is 5.99. The van der Waals surface area contributed by atoms with Crippen molar-refractivity contribution in [3.8, 4) is 6.07 Å².